The molecular weight excluding hydrogens is 364 g/mol. The number of nitrogens with zero attached hydrogens (tertiary/aromatic N) is 1. The Kier molecular flexibility index (Phi) is 4.09. The number of carbonyl (C=O) groups excluding carboxylic acids is 2. The van der Waals surface area contributed by atoms with Crippen LogP contribution in [-0.4, -0.2) is 18.4 Å². The van der Waals surface area contributed by atoms with Crippen molar-refractivity contribution < 1.29 is 14.3 Å². The summed E-state index contributed by atoms with van der Waals surface area (Å²) in [6, 6.07) is 21.0. The lowest BCUT2D eigenvalue weighted by molar-refractivity contribution is -0.117. The Morgan fingerprint density at radius 2 is 1.62 bits per heavy atom. The highest BCUT2D eigenvalue weighted by Gasteiger charge is 2.32. The lowest BCUT2D eigenvalue weighted by Crippen LogP contribution is -2.26. The SMILES string of the molecule is CC(=O)N1CCc2cc(NC(=O)C3c4ccccc4Oc4ccccc43)ccc21. The summed E-state index contributed by atoms with van der Waals surface area (Å²) in [4.78, 5) is 26.9. The van der Waals surface area contributed by atoms with Crippen molar-refractivity contribution in [2.45, 2.75) is 19.3 Å². The molecule has 5 rings (SSSR count). The van der Waals surface area contributed by atoms with Crippen molar-refractivity contribution in [2.75, 3.05) is 16.8 Å². The third-order valence-electron chi connectivity index (χ3n) is 5.56. The van der Waals surface area contributed by atoms with Crippen molar-refractivity contribution in [3.63, 3.8) is 0 Å². The number of para-hydroxylation sites is 2. The zero-order valence-corrected chi connectivity index (χ0v) is 16.0. The maximum Gasteiger partial charge on any atom is 0.236 e. The predicted molar refractivity (Wildman–Crippen MR) is 112 cm³/mol. The number of ether oxygens (including phenoxy) is 1. The largest absolute Gasteiger partial charge is 0.457 e. The summed E-state index contributed by atoms with van der Waals surface area (Å²) in [5, 5.41) is 3.07. The van der Waals surface area contributed by atoms with Crippen LogP contribution in [0.25, 0.3) is 0 Å². The Morgan fingerprint density at radius 3 is 2.28 bits per heavy atom. The second-order valence-corrected chi connectivity index (χ2v) is 7.36. The van der Waals surface area contributed by atoms with Gasteiger partial charge in [-0.2, -0.15) is 0 Å². The van der Waals surface area contributed by atoms with Gasteiger partial charge in [0.05, 0.1) is 5.92 Å². The smallest absolute Gasteiger partial charge is 0.236 e. The molecule has 0 saturated heterocycles. The Labute approximate surface area is 168 Å². The van der Waals surface area contributed by atoms with E-state index in [-0.39, 0.29) is 11.8 Å². The van der Waals surface area contributed by atoms with Gasteiger partial charge in [-0.3, -0.25) is 9.59 Å². The van der Waals surface area contributed by atoms with Gasteiger partial charge in [0.15, 0.2) is 0 Å². The molecule has 2 aliphatic heterocycles. The first-order chi connectivity index (χ1) is 14.1. The molecule has 5 nitrogen and oxygen atoms in total. The van der Waals surface area contributed by atoms with Crippen molar-refractivity contribution in [2.24, 2.45) is 0 Å². The quantitative estimate of drug-likeness (QED) is 0.709. The summed E-state index contributed by atoms with van der Waals surface area (Å²) in [6.45, 7) is 2.26. The maximum atomic E-state index is 13.3. The first-order valence-corrected chi connectivity index (χ1v) is 9.69. The highest BCUT2D eigenvalue weighted by Crippen LogP contribution is 2.44. The van der Waals surface area contributed by atoms with Crippen molar-refractivity contribution in [3.8, 4) is 11.5 Å². The van der Waals surface area contributed by atoms with Crippen LogP contribution in [0, 0.1) is 0 Å². The topological polar surface area (TPSA) is 58.6 Å². The minimum Gasteiger partial charge on any atom is -0.457 e. The number of anilines is 2. The molecule has 3 aromatic rings. The molecule has 0 aliphatic carbocycles. The fraction of sp³-hybridized carbons (Fsp3) is 0.167. The van der Waals surface area contributed by atoms with E-state index in [0.717, 1.165) is 34.5 Å². The lowest BCUT2D eigenvalue weighted by Gasteiger charge is -2.27. The van der Waals surface area contributed by atoms with Gasteiger partial charge in [-0.05, 0) is 42.3 Å². The number of benzene rings is 3. The summed E-state index contributed by atoms with van der Waals surface area (Å²) in [5.41, 5.74) is 4.45. The normalized spacial score (nSPS) is 14.4. The summed E-state index contributed by atoms with van der Waals surface area (Å²) in [5.74, 6) is 0.901. The van der Waals surface area contributed by atoms with Crippen LogP contribution in [0.1, 0.15) is 29.5 Å². The van der Waals surface area contributed by atoms with Crippen LogP contribution >= 0.6 is 0 Å². The van der Waals surface area contributed by atoms with E-state index >= 15 is 0 Å². The van der Waals surface area contributed by atoms with E-state index in [0.29, 0.717) is 18.0 Å². The number of hydrogen-bond acceptors (Lipinski definition) is 3. The summed E-state index contributed by atoms with van der Waals surface area (Å²) in [7, 11) is 0. The van der Waals surface area contributed by atoms with Gasteiger partial charge in [0.25, 0.3) is 0 Å². The fourth-order valence-electron chi connectivity index (χ4n) is 4.21. The van der Waals surface area contributed by atoms with E-state index in [1.54, 1.807) is 11.8 Å². The lowest BCUT2D eigenvalue weighted by atomic mass is 9.87. The monoisotopic (exact) mass is 384 g/mol. The van der Waals surface area contributed by atoms with Gasteiger partial charge < -0.3 is 15.0 Å². The zero-order valence-electron chi connectivity index (χ0n) is 16.0. The molecule has 0 atom stereocenters. The van der Waals surface area contributed by atoms with Crippen LogP contribution in [0.5, 0.6) is 11.5 Å². The number of hydrogen-bond donors (Lipinski definition) is 1. The standard InChI is InChI=1S/C24H20N2O3/c1-15(27)26-13-12-16-14-17(10-11-20(16)26)25-24(28)23-18-6-2-4-8-21(18)29-22-9-5-3-7-19(22)23/h2-11,14,23H,12-13H2,1H3,(H,25,28). The van der Waals surface area contributed by atoms with Gasteiger partial charge in [-0.1, -0.05) is 36.4 Å². The van der Waals surface area contributed by atoms with Crippen LogP contribution in [0.4, 0.5) is 11.4 Å². The van der Waals surface area contributed by atoms with E-state index < -0.39 is 5.92 Å². The molecule has 0 aromatic heterocycles. The molecule has 29 heavy (non-hydrogen) atoms. The average Bonchev–Trinajstić information content (AvgIpc) is 3.15. The van der Waals surface area contributed by atoms with Gasteiger partial charge in [0.1, 0.15) is 11.5 Å². The third-order valence-corrected chi connectivity index (χ3v) is 5.56. The van der Waals surface area contributed by atoms with Crippen LogP contribution in [0.3, 0.4) is 0 Å². The minimum atomic E-state index is -0.446. The fourth-order valence-corrected chi connectivity index (χ4v) is 4.21. The molecule has 3 aromatic carbocycles. The van der Waals surface area contributed by atoms with Gasteiger partial charge in [-0.15, -0.1) is 0 Å². The van der Waals surface area contributed by atoms with Crippen LogP contribution in [0.2, 0.25) is 0 Å². The highest BCUT2D eigenvalue weighted by molar-refractivity contribution is 6.00. The van der Waals surface area contributed by atoms with Crippen molar-refractivity contribution in [1.29, 1.82) is 0 Å². The number of fused-ring (bicyclic) bond motifs is 3. The van der Waals surface area contributed by atoms with E-state index in [4.69, 9.17) is 4.74 Å². The van der Waals surface area contributed by atoms with Crippen molar-refractivity contribution >= 4 is 23.2 Å². The van der Waals surface area contributed by atoms with E-state index in [2.05, 4.69) is 5.32 Å². The first-order valence-electron chi connectivity index (χ1n) is 9.69. The molecule has 1 N–H and O–H groups in total. The van der Waals surface area contributed by atoms with Crippen LogP contribution < -0.4 is 15.0 Å². The second kappa shape index (κ2) is 6.78. The molecule has 0 unspecified atom stereocenters. The average molecular weight is 384 g/mol. The Bertz CT molecular complexity index is 1090. The number of rotatable bonds is 2. The summed E-state index contributed by atoms with van der Waals surface area (Å²) in [6.07, 6.45) is 0.793. The van der Waals surface area contributed by atoms with Crippen molar-refractivity contribution in [1.82, 2.24) is 0 Å². The predicted octanol–water partition coefficient (Wildman–Crippen LogP) is 4.47. The number of carbonyl (C=O) groups is 2. The molecule has 144 valence electrons. The molecule has 0 saturated carbocycles. The molecule has 5 heteroatoms. The highest BCUT2D eigenvalue weighted by atomic mass is 16.5. The second-order valence-electron chi connectivity index (χ2n) is 7.36. The van der Waals surface area contributed by atoms with Crippen molar-refractivity contribution in [3.05, 3.63) is 83.4 Å². The Hall–Kier alpha value is -3.60. The van der Waals surface area contributed by atoms with E-state index in [1.165, 1.54) is 0 Å². The molecule has 0 radical (unpaired) electrons. The van der Waals surface area contributed by atoms with E-state index in [1.807, 2.05) is 66.7 Å². The van der Waals surface area contributed by atoms with Gasteiger partial charge in [0.2, 0.25) is 11.8 Å². The molecule has 0 bridgehead atoms. The Balaban J connectivity index is 1.47. The molecule has 0 fully saturated rings. The third kappa shape index (κ3) is 2.95. The number of amides is 2. The summed E-state index contributed by atoms with van der Waals surface area (Å²) < 4.78 is 5.99. The molecule has 0 spiro atoms. The minimum absolute atomic E-state index is 0.0379. The first kappa shape index (κ1) is 17.5. The zero-order chi connectivity index (χ0) is 20.0. The molecule has 2 amide bonds. The van der Waals surface area contributed by atoms with Gasteiger partial charge in [-0.25, -0.2) is 0 Å². The van der Waals surface area contributed by atoms with Gasteiger partial charge >= 0.3 is 0 Å². The van der Waals surface area contributed by atoms with Crippen LogP contribution in [-0.2, 0) is 16.0 Å². The number of nitrogens with one attached hydrogen (secondary N) is 1. The molecular formula is C24H20N2O3. The summed E-state index contributed by atoms with van der Waals surface area (Å²) >= 11 is 0. The van der Waals surface area contributed by atoms with Gasteiger partial charge in [0, 0.05) is 36.0 Å². The molecule has 2 aliphatic rings. The maximum absolute atomic E-state index is 13.3. The van der Waals surface area contributed by atoms with E-state index in [9.17, 15) is 9.59 Å². The molecule has 2 heterocycles. The van der Waals surface area contributed by atoms with Crippen LogP contribution in [0.15, 0.2) is 66.7 Å². The Morgan fingerprint density at radius 1 is 0.966 bits per heavy atom.